The second kappa shape index (κ2) is 6.08. The molecule has 1 aromatic carbocycles. The van der Waals surface area contributed by atoms with Crippen LogP contribution in [0.2, 0.25) is 5.02 Å². The Labute approximate surface area is 133 Å². The molecule has 0 amide bonds. The van der Waals surface area contributed by atoms with Crippen molar-refractivity contribution in [3.63, 3.8) is 0 Å². The van der Waals surface area contributed by atoms with Crippen molar-refractivity contribution in [1.82, 2.24) is 0 Å². The average Bonchev–Trinajstić information content (AvgIpc) is 2.86. The van der Waals surface area contributed by atoms with Crippen LogP contribution in [0.25, 0.3) is 0 Å². The Hall–Kier alpha value is -1.52. The van der Waals surface area contributed by atoms with E-state index in [4.69, 9.17) is 16.7 Å². The Kier molecular flexibility index (Phi) is 4.59. The van der Waals surface area contributed by atoms with Crippen LogP contribution in [0.4, 0.5) is 5.69 Å². The minimum Gasteiger partial charge on any atom is -0.478 e. The van der Waals surface area contributed by atoms with Gasteiger partial charge in [0.2, 0.25) is 0 Å². The van der Waals surface area contributed by atoms with Gasteiger partial charge < -0.3 is 10.4 Å². The summed E-state index contributed by atoms with van der Waals surface area (Å²) >= 11 is 7.62. The third-order valence-electron chi connectivity index (χ3n) is 3.06. The van der Waals surface area contributed by atoms with Crippen molar-refractivity contribution in [2.45, 2.75) is 32.7 Å². The van der Waals surface area contributed by atoms with Crippen molar-refractivity contribution in [3.8, 4) is 0 Å². The average molecular weight is 324 g/mol. The molecule has 0 aliphatic heterocycles. The summed E-state index contributed by atoms with van der Waals surface area (Å²) in [5.41, 5.74) is 1.02. The summed E-state index contributed by atoms with van der Waals surface area (Å²) in [5.74, 6) is -1.02. The van der Waals surface area contributed by atoms with Crippen molar-refractivity contribution in [3.05, 3.63) is 50.7 Å². The first-order valence-corrected chi connectivity index (χ1v) is 7.83. The minimum absolute atomic E-state index is 0.114. The zero-order chi connectivity index (χ0) is 15.6. The lowest BCUT2D eigenvalue weighted by Crippen LogP contribution is -2.07. The van der Waals surface area contributed by atoms with E-state index in [1.807, 2.05) is 0 Å². The molecular formula is C16H18ClNO2S. The van der Waals surface area contributed by atoms with Crippen LogP contribution >= 0.6 is 22.9 Å². The van der Waals surface area contributed by atoms with Gasteiger partial charge in [0.1, 0.15) is 0 Å². The number of thiophene rings is 1. The summed E-state index contributed by atoms with van der Waals surface area (Å²) in [6.07, 6.45) is 0. The Bertz CT molecular complexity index is 659. The number of nitrogens with one attached hydrogen (secondary N) is 1. The molecule has 0 saturated heterocycles. The second-order valence-corrected chi connectivity index (χ2v) is 7.44. The van der Waals surface area contributed by atoms with Crippen LogP contribution in [0.3, 0.4) is 0 Å². The SMILES string of the molecule is CC(C)(C)c1ccc(CNc2ccc(Cl)c(C(=O)O)c2)s1. The molecule has 21 heavy (non-hydrogen) atoms. The molecule has 0 unspecified atom stereocenters. The van der Waals surface area contributed by atoms with Gasteiger partial charge in [-0.15, -0.1) is 11.3 Å². The molecule has 5 heteroatoms. The number of anilines is 1. The van der Waals surface area contributed by atoms with Crippen molar-refractivity contribution >= 4 is 34.6 Å². The highest BCUT2D eigenvalue weighted by molar-refractivity contribution is 7.12. The molecule has 0 saturated carbocycles. The smallest absolute Gasteiger partial charge is 0.337 e. The largest absolute Gasteiger partial charge is 0.478 e. The lowest BCUT2D eigenvalue weighted by Gasteiger charge is -2.15. The number of aromatic carboxylic acids is 1. The van der Waals surface area contributed by atoms with E-state index in [9.17, 15) is 4.79 Å². The Morgan fingerprint density at radius 3 is 2.57 bits per heavy atom. The van der Waals surface area contributed by atoms with Gasteiger partial charge in [0.25, 0.3) is 0 Å². The summed E-state index contributed by atoms with van der Waals surface area (Å²) in [4.78, 5) is 13.6. The fraction of sp³-hybridized carbons (Fsp3) is 0.312. The van der Waals surface area contributed by atoms with E-state index >= 15 is 0 Å². The molecular weight excluding hydrogens is 306 g/mol. The van der Waals surface area contributed by atoms with E-state index in [2.05, 4.69) is 38.2 Å². The number of carboxylic acids is 1. The number of carbonyl (C=O) groups is 1. The molecule has 2 rings (SSSR count). The van der Waals surface area contributed by atoms with E-state index in [-0.39, 0.29) is 16.0 Å². The van der Waals surface area contributed by atoms with Gasteiger partial charge in [-0.2, -0.15) is 0 Å². The van der Waals surface area contributed by atoms with Crippen LogP contribution < -0.4 is 5.32 Å². The molecule has 2 N–H and O–H groups in total. The molecule has 0 spiro atoms. The van der Waals surface area contributed by atoms with Gasteiger partial charge in [0.15, 0.2) is 0 Å². The Morgan fingerprint density at radius 1 is 1.29 bits per heavy atom. The number of halogens is 1. The predicted octanol–water partition coefficient (Wildman–Crippen LogP) is 5.01. The molecule has 3 nitrogen and oxygen atoms in total. The van der Waals surface area contributed by atoms with Crippen molar-refractivity contribution in [1.29, 1.82) is 0 Å². The van der Waals surface area contributed by atoms with Crippen LogP contribution in [0, 0.1) is 0 Å². The molecule has 0 atom stereocenters. The van der Waals surface area contributed by atoms with E-state index in [0.717, 1.165) is 5.69 Å². The Balaban J connectivity index is 2.08. The summed E-state index contributed by atoms with van der Waals surface area (Å²) in [7, 11) is 0. The second-order valence-electron chi connectivity index (χ2n) is 5.87. The monoisotopic (exact) mass is 323 g/mol. The van der Waals surface area contributed by atoms with E-state index in [0.29, 0.717) is 6.54 Å². The van der Waals surface area contributed by atoms with Crippen LogP contribution in [0.5, 0.6) is 0 Å². The number of benzene rings is 1. The quantitative estimate of drug-likeness (QED) is 0.831. The van der Waals surface area contributed by atoms with E-state index in [1.165, 1.54) is 9.75 Å². The fourth-order valence-corrected chi connectivity index (χ4v) is 3.07. The molecule has 0 fully saturated rings. The summed E-state index contributed by atoms with van der Waals surface area (Å²) in [6, 6.07) is 9.19. The molecule has 112 valence electrons. The van der Waals surface area contributed by atoms with E-state index < -0.39 is 5.97 Å². The molecule has 1 heterocycles. The van der Waals surface area contributed by atoms with Crippen LogP contribution in [-0.4, -0.2) is 11.1 Å². The normalized spacial score (nSPS) is 11.4. The number of hydrogen-bond donors (Lipinski definition) is 2. The summed E-state index contributed by atoms with van der Waals surface area (Å²) < 4.78 is 0. The summed E-state index contributed by atoms with van der Waals surface area (Å²) in [6.45, 7) is 7.23. The van der Waals surface area contributed by atoms with Gasteiger partial charge in [-0.25, -0.2) is 4.79 Å². The molecule has 0 bridgehead atoms. The highest BCUT2D eigenvalue weighted by Crippen LogP contribution is 2.30. The van der Waals surface area contributed by atoms with Crippen LogP contribution in [-0.2, 0) is 12.0 Å². The lowest BCUT2D eigenvalue weighted by molar-refractivity contribution is 0.0697. The van der Waals surface area contributed by atoms with Gasteiger partial charge in [-0.3, -0.25) is 0 Å². The zero-order valence-corrected chi connectivity index (χ0v) is 13.8. The van der Waals surface area contributed by atoms with Gasteiger partial charge in [-0.1, -0.05) is 32.4 Å². The highest BCUT2D eigenvalue weighted by Gasteiger charge is 2.16. The summed E-state index contributed by atoms with van der Waals surface area (Å²) in [5, 5.41) is 12.5. The van der Waals surface area contributed by atoms with Crippen molar-refractivity contribution in [2.75, 3.05) is 5.32 Å². The predicted molar refractivity (Wildman–Crippen MR) is 88.8 cm³/mol. The first-order chi connectivity index (χ1) is 9.77. The minimum atomic E-state index is -1.02. The highest BCUT2D eigenvalue weighted by atomic mass is 35.5. The molecule has 0 aliphatic carbocycles. The Morgan fingerprint density at radius 2 is 2.00 bits per heavy atom. The van der Waals surface area contributed by atoms with Gasteiger partial charge in [0, 0.05) is 22.0 Å². The third-order valence-corrected chi connectivity index (χ3v) is 4.90. The van der Waals surface area contributed by atoms with Crippen LogP contribution in [0.1, 0.15) is 40.9 Å². The third kappa shape index (κ3) is 3.99. The number of rotatable bonds is 4. The maximum atomic E-state index is 11.1. The topological polar surface area (TPSA) is 49.3 Å². The number of hydrogen-bond acceptors (Lipinski definition) is 3. The molecule has 0 radical (unpaired) electrons. The van der Waals surface area contributed by atoms with Gasteiger partial charge >= 0.3 is 5.97 Å². The van der Waals surface area contributed by atoms with Gasteiger partial charge in [-0.05, 0) is 35.7 Å². The first-order valence-electron chi connectivity index (χ1n) is 6.63. The van der Waals surface area contributed by atoms with Crippen molar-refractivity contribution in [2.24, 2.45) is 0 Å². The van der Waals surface area contributed by atoms with Gasteiger partial charge in [0.05, 0.1) is 10.6 Å². The first kappa shape index (κ1) is 15.9. The molecule has 2 aromatic rings. The molecule has 1 aromatic heterocycles. The standard InChI is InChI=1S/C16H18ClNO2S/c1-16(2,3)14-7-5-11(21-14)9-18-10-4-6-13(17)12(8-10)15(19)20/h4-8,18H,9H2,1-3H3,(H,19,20). The van der Waals surface area contributed by atoms with Crippen molar-refractivity contribution < 1.29 is 9.90 Å². The lowest BCUT2D eigenvalue weighted by atomic mass is 9.95. The maximum absolute atomic E-state index is 11.1. The number of carboxylic acid groups (broad SMARTS) is 1. The zero-order valence-electron chi connectivity index (χ0n) is 12.2. The maximum Gasteiger partial charge on any atom is 0.337 e. The fourth-order valence-electron chi connectivity index (χ4n) is 1.86. The molecule has 0 aliphatic rings. The van der Waals surface area contributed by atoms with E-state index in [1.54, 1.807) is 29.5 Å². The van der Waals surface area contributed by atoms with Crippen LogP contribution in [0.15, 0.2) is 30.3 Å².